The number of Topliss-reactive ketones (excluding diaryl/α,β-unsaturated/α-hetero) is 3. The fourth-order valence-corrected chi connectivity index (χ4v) is 16.0. The van der Waals surface area contributed by atoms with Crippen molar-refractivity contribution in [2.45, 2.75) is 155 Å². The molecule has 6 aromatic rings. The fraction of sp³-hybridized carbons (Fsp3) is 0.487. The molecular weight excluding hydrogens is 1460 g/mol. The topological polar surface area (TPSA) is 455 Å². The number of amides is 6. The first-order valence-corrected chi connectivity index (χ1v) is 39.3. The van der Waals surface area contributed by atoms with Crippen molar-refractivity contribution in [2.24, 2.45) is 5.92 Å². The van der Waals surface area contributed by atoms with E-state index in [9.17, 15) is 57.5 Å². The maximum Gasteiger partial charge on any atom is 0.407 e. The number of ketones is 3. The van der Waals surface area contributed by atoms with E-state index in [2.05, 4.69) is 81.0 Å². The van der Waals surface area contributed by atoms with Crippen molar-refractivity contribution in [2.75, 3.05) is 90.1 Å². The van der Waals surface area contributed by atoms with Crippen LogP contribution in [0.25, 0.3) is 33.2 Å². The Kier molecular flexibility index (Phi) is 28.9. The van der Waals surface area contributed by atoms with Crippen LogP contribution in [0.5, 0.6) is 0 Å². The highest BCUT2D eigenvalue weighted by Gasteiger charge is 2.46. The third-order valence-electron chi connectivity index (χ3n) is 19.9. The lowest BCUT2D eigenvalue weighted by molar-refractivity contribution is -0.886. The number of rotatable bonds is 38. The molecule has 1 unspecified atom stereocenters. The van der Waals surface area contributed by atoms with Crippen LogP contribution in [0.2, 0.25) is 0 Å². The van der Waals surface area contributed by atoms with Gasteiger partial charge in [-0.05, 0) is 107 Å². The van der Waals surface area contributed by atoms with Crippen LogP contribution in [0.4, 0.5) is 16.4 Å². The SMILES string of the molecule is CCNC(=O)C[C@H](CC(=O)CCCNC(=O)c1ccc(NCc2cnc3nc(N)[nH]c(=O)c3n2)cc1)C(=O)N[C@@H](CSSCCOC(=O)NCCNC(=O)[C@H](CCCNC(=O)CC[C@H]1c2nc(cc3[nH]c(cc4nc(cc5[nH]c6c(c5C)C(=O)C(C(=O)OC)c26)[C@@H](CC)[C@@H]4C)c(C(C)=O)c3C)[C@@H]1C)[N+](C)(C)C)OC=O. The second-order valence-corrected chi connectivity index (χ2v) is 31.0. The number of aromatic nitrogens is 8. The van der Waals surface area contributed by atoms with Crippen LogP contribution in [0.1, 0.15) is 198 Å². The molecule has 2 aliphatic heterocycles. The molecule has 8 atom stereocenters. The van der Waals surface area contributed by atoms with Crippen LogP contribution < -0.4 is 48.5 Å². The molecule has 110 heavy (non-hydrogen) atoms. The number of nitrogens with zero attached hydrogens (tertiary/aromatic N) is 6. The number of ether oxygens (including phenoxy) is 3. The van der Waals surface area contributed by atoms with E-state index in [0.29, 0.717) is 97.7 Å². The number of likely N-dealkylation sites (N-methyl/N-ethyl adjacent to an activating group) is 1. The Morgan fingerprint density at radius 3 is 2.15 bits per heavy atom. The lowest BCUT2D eigenvalue weighted by atomic mass is 9.84. The van der Waals surface area contributed by atoms with Crippen LogP contribution in [0.15, 0.2) is 53.5 Å². The van der Waals surface area contributed by atoms with Gasteiger partial charge in [-0.2, -0.15) is 4.98 Å². The van der Waals surface area contributed by atoms with Crippen molar-refractivity contribution in [3.8, 4) is 0 Å². The number of fused-ring (bicyclic) bond motifs is 9. The molecule has 3 aliphatic rings. The van der Waals surface area contributed by atoms with Gasteiger partial charge >= 0.3 is 12.1 Å². The Bertz CT molecular complexity index is 4710. The minimum Gasteiger partial charge on any atom is -0.468 e. The zero-order valence-electron chi connectivity index (χ0n) is 63.7. The van der Waals surface area contributed by atoms with E-state index < -0.39 is 65.2 Å². The van der Waals surface area contributed by atoms with Gasteiger partial charge in [-0.1, -0.05) is 42.4 Å². The summed E-state index contributed by atoms with van der Waals surface area (Å²) in [7, 11) is 9.39. The zero-order valence-corrected chi connectivity index (χ0v) is 65.4. The maximum absolute atomic E-state index is 14.6. The number of alkyl carbamates (subject to hydrolysis) is 1. The van der Waals surface area contributed by atoms with Gasteiger partial charge in [0.15, 0.2) is 35.0 Å². The van der Waals surface area contributed by atoms with E-state index >= 15 is 0 Å². The lowest BCUT2D eigenvalue weighted by Gasteiger charge is -2.33. The summed E-state index contributed by atoms with van der Waals surface area (Å²) < 4.78 is 16.0. The van der Waals surface area contributed by atoms with Gasteiger partial charge in [0, 0.05) is 150 Å². The lowest BCUT2D eigenvalue weighted by Crippen LogP contribution is -2.54. The van der Waals surface area contributed by atoms with E-state index in [1.165, 1.54) is 41.8 Å². The number of nitrogens with one attached hydrogen (secondary N) is 10. The number of benzene rings is 1. The quantitative estimate of drug-likeness (QED) is 0.00216. The molecule has 12 N–H and O–H groups in total. The Morgan fingerprint density at radius 2 is 1.45 bits per heavy atom. The summed E-state index contributed by atoms with van der Waals surface area (Å²) >= 11 is 0. The molecular formula is C76H98N17O15S2+. The van der Waals surface area contributed by atoms with Crippen molar-refractivity contribution in [1.29, 1.82) is 0 Å². The summed E-state index contributed by atoms with van der Waals surface area (Å²) in [6.07, 6.45) is 1.27. The molecule has 588 valence electrons. The summed E-state index contributed by atoms with van der Waals surface area (Å²) in [5.74, 6) is -6.37. The molecule has 0 saturated carbocycles. The third kappa shape index (κ3) is 20.8. The van der Waals surface area contributed by atoms with Crippen LogP contribution in [0.3, 0.4) is 0 Å². The largest absolute Gasteiger partial charge is 0.468 e. The van der Waals surface area contributed by atoms with E-state index in [1.807, 2.05) is 60.1 Å². The number of aryl methyl sites for hydroxylation is 2. The number of hydrogen-bond acceptors (Lipinski definition) is 24. The van der Waals surface area contributed by atoms with Crippen molar-refractivity contribution >= 4 is 132 Å². The fourth-order valence-electron chi connectivity index (χ4n) is 14.1. The average molecular weight is 1550 g/mol. The van der Waals surface area contributed by atoms with Gasteiger partial charge in [-0.3, -0.25) is 67.7 Å². The van der Waals surface area contributed by atoms with Gasteiger partial charge in [0.1, 0.15) is 18.3 Å². The molecule has 1 aliphatic carbocycles. The predicted octanol–water partition coefficient (Wildman–Crippen LogP) is 6.89. The summed E-state index contributed by atoms with van der Waals surface area (Å²) in [4.78, 5) is 190. The van der Waals surface area contributed by atoms with Gasteiger partial charge in [-0.25, -0.2) is 14.8 Å². The van der Waals surface area contributed by atoms with Crippen molar-refractivity contribution < 1.29 is 71.4 Å². The molecule has 32 nitrogen and oxygen atoms in total. The van der Waals surface area contributed by atoms with Crippen LogP contribution in [-0.4, -0.2) is 201 Å². The van der Waals surface area contributed by atoms with E-state index in [-0.39, 0.29) is 159 Å². The van der Waals surface area contributed by atoms with Crippen LogP contribution in [-0.2, 0) is 54.3 Å². The molecule has 34 heteroatoms. The van der Waals surface area contributed by atoms with Gasteiger partial charge in [0.25, 0.3) is 23.8 Å². The number of H-pyrrole nitrogens is 3. The first-order chi connectivity index (χ1) is 52.5. The molecule has 5 aromatic heterocycles. The molecule has 6 amide bonds. The number of esters is 1. The first kappa shape index (κ1) is 83.4. The highest BCUT2D eigenvalue weighted by atomic mass is 33.1. The van der Waals surface area contributed by atoms with E-state index in [4.69, 9.17) is 29.9 Å². The predicted molar refractivity (Wildman–Crippen MR) is 416 cm³/mol. The summed E-state index contributed by atoms with van der Waals surface area (Å²) in [5, 5.41) is 19.7. The second-order valence-electron chi connectivity index (χ2n) is 28.4. The van der Waals surface area contributed by atoms with Crippen molar-refractivity contribution in [3.63, 3.8) is 0 Å². The Balaban J connectivity index is 0.689. The molecule has 8 bridgehead atoms. The summed E-state index contributed by atoms with van der Waals surface area (Å²) in [6, 6.07) is 11.9. The molecule has 0 spiro atoms. The number of carbonyl (C=O) groups is 11. The molecule has 0 fully saturated rings. The van der Waals surface area contributed by atoms with E-state index in [0.717, 1.165) is 23.4 Å². The highest BCUT2D eigenvalue weighted by molar-refractivity contribution is 8.76. The van der Waals surface area contributed by atoms with Crippen LogP contribution >= 0.6 is 21.6 Å². The summed E-state index contributed by atoms with van der Waals surface area (Å²) in [5.41, 5.74) is 14.7. The molecule has 0 saturated heterocycles. The van der Waals surface area contributed by atoms with Crippen molar-refractivity contribution in [1.82, 2.24) is 71.8 Å². The minimum absolute atomic E-state index is 0.00529. The Labute approximate surface area is 643 Å². The number of hydrogen-bond donors (Lipinski definition) is 11. The van der Waals surface area contributed by atoms with E-state index in [1.54, 1.807) is 31.2 Å². The Hall–Kier alpha value is -10.6. The summed E-state index contributed by atoms with van der Waals surface area (Å²) in [6.45, 7) is 14.4. The number of nitrogen functional groups attached to an aromatic ring is 1. The highest BCUT2D eigenvalue weighted by Crippen LogP contribution is 2.49. The number of anilines is 2. The second kappa shape index (κ2) is 38.2. The molecule has 1 aromatic carbocycles. The third-order valence-corrected chi connectivity index (χ3v) is 22.3. The van der Waals surface area contributed by atoms with Gasteiger partial charge < -0.3 is 71.6 Å². The number of quaternary nitrogens is 1. The number of methoxy groups -OCH3 is 1. The number of carbonyl (C=O) groups excluding carboxylic acids is 11. The monoisotopic (exact) mass is 1550 g/mol. The van der Waals surface area contributed by atoms with Gasteiger partial charge in [-0.15, -0.1) is 0 Å². The molecule has 7 heterocycles. The zero-order chi connectivity index (χ0) is 79.7. The van der Waals surface area contributed by atoms with Crippen molar-refractivity contribution in [3.05, 3.63) is 121 Å². The average Bonchev–Trinajstić information content (AvgIpc) is 1.56. The van der Waals surface area contributed by atoms with Crippen LogP contribution in [0, 0.1) is 19.8 Å². The Morgan fingerprint density at radius 1 is 0.745 bits per heavy atom. The van der Waals surface area contributed by atoms with Gasteiger partial charge in [0.2, 0.25) is 23.7 Å². The number of nitrogens with two attached hydrogens (primary N) is 1. The van der Waals surface area contributed by atoms with Gasteiger partial charge in [0.05, 0.1) is 75.1 Å². The first-order valence-electron chi connectivity index (χ1n) is 36.8. The molecule has 0 radical (unpaired) electrons. The normalized spacial score (nSPS) is 16.6. The maximum atomic E-state index is 14.6. The number of aromatic amines is 3. The standard InChI is InChI=1S/C76H97N17O15S2/c1-12-49-39(3)51-34-56-61(43(7)95)41(5)53(87-56)32-52-40(4)50(65(88-52)63-64(74(104)106-11)68(99)62-42(6)54(89-66(62)63)33-55(49)86-51)22-23-58(97)79-24-15-17-57(93(8,9)10)72(102)81-26-27-82-76(105)107-28-29-109-110-37-60(108-38-94)90-71(101)45(31-59(98)78-13-2)30-48(96)16-14-25-80-70(100)44-18-20-46(21-19-44)83-35-47-36-84-69-67(85-47)73(103)92-75(77)91-69/h18-21,32-34,36,38-40,45,49-50,57,60,64H,12-17,22-31,35,37H2,1-11H3,(H11-,77,78,79,80,81,82,83,84,85,86,87,88,89,90,91,92,95,97,98,99,100,101,102,103,105)/p+1/t39-,40+,45-,49-,50+,57-,60+,64?/m0/s1. The molecule has 9 rings (SSSR count). The smallest absolute Gasteiger partial charge is 0.407 e. The minimum atomic E-state index is -1.30.